The number of carbonyl (C=O) groups is 1. The summed E-state index contributed by atoms with van der Waals surface area (Å²) in [6.07, 6.45) is 0. The highest BCUT2D eigenvalue weighted by molar-refractivity contribution is 6.30. The molecule has 0 aliphatic rings. The molecule has 0 saturated heterocycles. The van der Waals surface area contributed by atoms with Crippen molar-refractivity contribution in [2.45, 2.75) is 32.7 Å². The lowest BCUT2D eigenvalue weighted by Crippen LogP contribution is -2.18. The highest BCUT2D eigenvalue weighted by atomic mass is 35.5. The van der Waals surface area contributed by atoms with Gasteiger partial charge < -0.3 is 9.30 Å². The Kier molecular flexibility index (Phi) is 6.19. The predicted octanol–water partition coefficient (Wildman–Crippen LogP) is 6.32. The summed E-state index contributed by atoms with van der Waals surface area (Å²) in [4.78, 5) is 17.6. The van der Waals surface area contributed by atoms with Crippen molar-refractivity contribution in [1.29, 1.82) is 0 Å². The van der Waals surface area contributed by atoms with Crippen molar-refractivity contribution >= 4 is 34.5 Å². The average molecular weight is 448 g/mol. The van der Waals surface area contributed by atoms with Crippen LogP contribution in [0.15, 0.2) is 72.8 Å². The van der Waals surface area contributed by atoms with Gasteiger partial charge in [0.2, 0.25) is 5.95 Å². The Hall–Kier alpha value is -3.31. The van der Waals surface area contributed by atoms with E-state index in [9.17, 15) is 4.79 Å². The predicted molar refractivity (Wildman–Crippen MR) is 130 cm³/mol. The highest BCUT2D eigenvalue weighted by Crippen LogP contribution is 2.24. The number of hydrogen-bond donors (Lipinski definition) is 1. The van der Waals surface area contributed by atoms with Crippen LogP contribution in [0, 0.1) is 0 Å². The summed E-state index contributed by atoms with van der Waals surface area (Å²) in [5.74, 6) is 1.04. The molecular weight excluding hydrogens is 422 g/mol. The minimum atomic E-state index is -0.194. The van der Waals surface area contributed by atoms with E-state index in [1.807, 2.05) is 65.2 Å². The third-order valence-corrected chi connectivity index (χ3v) is 5.54. The Morgan fingerprint density at radius 1 is 1.00 bits per heavy atom. The molecule has 1 amide bonds. The zero-order valence-electron chi connectivity index (χ0n) is 18.4. The van der Waals surface area contributed by atoms with Gasteiger partial charge in [-0.3, -0.25) is 10.1 Å². The number of amides is 1. The summed E-state index contributed by atoms with van der Waals surface area (Å²) in [5, 5.41) is 3.64. The molecule has 0 unspecified atom stereocenters. The fourth-order valence-corrected chi connectivity index (χ4v) is 3.60. The van der Waals surface area contributed by atoms with Gasteiger partial charge in [0, 0.05) is 10.6 Å². The van der Waals surface area contributed by atoms with Crippen molar-refractivity contribution in [3.05, 3.63) is 88.9 Å². The molecule has 0 aliphatic heterocycles. The number of carbonyl (C=O) groups excluding carboxylic acids is 1. The molecule has 164 valence electrons. The number of para-hydroxylation sites is 2. The molecule has 0 aliphatic carbocycles. The smallest absolute Gasteiger partial charge is 0.257 e. The van der Waals surface area contributed by atoms with E-state index in [2.05, 4.69) is 31.1 Å². The highest BCUT2D eigenvalue weighted by Gasteiger charge is 2.17. The number of rotatable bonds is 6. The number of hydrogen-bond acceptors (Lipinski definition) is 3. The molecule has 6 heteroatoms. The van der Waals surface area contributed by atoms with Crippen molar-refractivity contribution < 1.29 is 9.53 Å². The molecule has 0 atom stereocenters. The molecule has 1 heterocycles. The Labute approximate surface area is 193 Å². The molecule has 1 aromatic heterocycles. The van der Waals surface area contributed by atoms with Gasteiger partial charge in [-0.15, -0.1) is 0 Å². The number of anilines is 1. The maximum absolute atomic E-state index is 12.9. The van der Waals surface area contributed by atoms with Gasteiger partial charge >= 0.3 is 0 Å². The largest absolute Gasteiger partial charge is 0.492 e. The molecule has 4 rings (SSSR count). The van der Waals surface area contributed by atoms with Crippen LogP contribution < -0.4 is 10.1 Å². The lowest BCUT2D eigenvalue weighted by molar-refractivity contribution is 0.102. The SMILES string of the molecule is CC(C)(C)c1ccc(C(=O)Nc2nc3ccccc3n2CCOc2ccc(Cl)cc2)cc1. The van der Waals surface area contributed by atoms with E-state index in [1.165, 1.54) is 5.56 Å². The van der Waals surface area contributed by atoms with E-state index in [0.29, 0.717) is 29.7 Å². The first-order valence-corrected chi connectivity index (χ1v) is 10.9. The van der Waals surface area contributed by atoms with E-state index < -0.39 is 0 Å². The summed E-state index contributed by atoms with van der Waals surface area (Å²) in [6, 6.07) is 22.8. The lowest BCUT2D eigenvalue weighted by Gasteiger charge is -2.19. The number of halogens is 1. The van der Waals surface area contributed by atoms with Crippen molar-refractivity contribution in [3.63, 3.8) is 0 Å². The lowest BCUT2D eigenvalue weighted by atomic mass is 9.87. The van der Waals surface area contributed by atoms with Gasteiger partial charge in [0.1, 0.15) is 12.4 Å². The van der Waals surface area contributed by atoms with Crippen LogP contribution in [0.1, 0.15) is 36.7 Å². The number of imidazole rings is 1. The van der Waals surface area contributed by atoms with E-state index in [4.69, 9.17) is 16.3 Å². The minimum Gasteiger partial charge on any atom is -0.492 e. The standard InChI is InChI=1S/C26H26ClN3O2/c1-26(2,3)19-10-8-18(9-11-19)24(31)29-25-28-22-6-4-5-7-23(22)30(25)16-17-32-21-14-12-20(27)13-15-21/h4-15H,16-17H2,1-3H3,(H,28,29,31). The fourth-order valence-electron chi connectivity index (χ4n) is 3.48. The second-order valence-electron chi connectivity index (χ2n) is 8.66. The normalized spacial score (nSPS) is 11.5. The van der Waals surface area contributed by atoms with Crippen LogP contribution in [0.5, 0.6) is 5.75 Å². The van der Waals surface area contributed by atoms with E-state index in [1.54, 1.807) is 12.1 Å². The summed E-state index contributed by atoms with van der Waals surface area (Å²) >= 11 is 5.93. The molecule has 5 nitrogen and oxygen atoms in total. The minimum absolute atomic E-state index is 0.0348. The van der Waals surface area contributed by atoms with Crippen molar-refractivity contribution in [1.82, 2.24) is 9.55 Å². The van der Waals surface area contributed by atoms with Crippen LogP contribution in [0.25, 0.3) is 11.0 Å². The fraction of sp³-hybridized carbons (Fsp3) is 0.231. The molecule has 0 spiro atoms. The van der Waals surface area contributed by atoms with Gasteiger partial charge in [-0.25, -0.2) is 4.98 Å². The summed E-state index contributed by atoms with van der Waals surface area (Å²) < 4.78 is 7.82. The van der Waals surface area contributed by atoms with Crippen molar-refractivity contribution in [2.24, 2.45) is 0 Å². The van der Waals surface area contributed by atoms with E-state index in [0.717, 1.165) is 16.8 Å². The van der Waals surface area contributed by atoms with Crippen LogP contribution in [0.4, 0.5) is 5.95 Å². The number of ether oxygens (including phenoxy) is 1. The third kappa shape index (κ3) is 4.94. The molecule has 3 aromatic carbocycles. The van der Waals surface area contributed by atoms with Gasteiger partial charge in [-0.05, 0) is 59.5 Å². The molecule has 1 N–H and O–H groups in total. The van der Waals surface area contributed by atoms with Crippen molar-refractivity contribution in [2.75, 3.05) is 11.9 Å². The van der Waals surface area contributed by atoms with Crippen LogP contribution in [-0.2, 0) is 12.0 Å². The van der Waals surface area contributed by atoms with Gasteiger partial charge in [0.15, 0.2) is 0 Å². The van der Waals surface area contributed by atoms with Gasteiger partial charge in [-0.2, -0.15) is 0 Å². The summed E-state index contributed by atoms with van der Waals surface area (Å²) in [5.41, 5.74) is 3.56. The Bertz CT molecular complexity index is 1220. The van der Waals surface area contributed by atoms with Crippen LogP contribution in [0.2, 0.25) is 5.02 Å². The van der Waals surface area contributed by atoms with Crippen LogP contribution in [0.3, 0.4) is 0 Å². The Balaban J connectivity index is 1.53. The molecule has 4 aromatic rings. The zero-order chi connectivity index (χ0) is 22.7. The van der Waals surface area contributed by atoms with Crippen molar-refractivity contribution in [3.8, 4) is 5.75 Å². The Morgan fingerprint density at radius 3 is 2.38 bits per heavy atom. The zero-order valence-corrected chi connectivity index (χ0v) is 19.2. The first-order chi connectivity index (χ1) is 15.3. The van der Waals surface area contributed by atoms with Gasteiger partial charge in [0.25, 0.3) is 5.91 Å². The van der Waals surface area contributed by atoms with Gasteiger partial charge in [0.05, 0.1) is 17.6 Å². The molecular formula is C26H26ClN3O2. The number of fused-ring (bicyclic) bond motifs is 1. The number of aromatic nitrogens is 2. The third-order valence-electron chi connectivity index (χ3n) is 5.29. The number of benzene rings is 3. The topological polar surface area (TPSA) is 56.2 Å². The quantitative estimate of drug-likeness (QED) is 0.376. The second-order valence-corrected chi connectivity index (χ2v) is 9.10. The average Bonchev–Trinajstić information content (AvgIpc) is 3.11. The molecule has 0 saturated carbocycles. The maximum atomic E-state index is 12.9. The molecule has 0 bridgehead atoms. The second kappa shape index (κ2) is 9.05. The first-order valence-electron chi connectivity index (χ1n) is 10.6. The number of nitrogens with one attached hydrogen (secondary N) is 1. The maximum Gasteiger partial charge on any atom is 0.257 e. The Morgan fingerprint density at radius 2 is 1.69 bits per heavy atom. The molecule has 0 radical (unpaired) electrons. The van der Waals surface area contributed by atoms with E-state index in [-0.39, 0.29) is 11.3 Å². The molecule has 0 fully saturated rings. The summed E-state index contributed by atoms with van der Waals surface area (Å²) in [6.45, 7) is 7.40. The monoisotopic (exact) mass is 447 g/mol. The van der Waals surface area contributed by atoms with Crippen LogP contribution >= 0.6 is 11.6 Å². The van der Waals surface area contributed by atoms with Gasteiger partial charge in [-0.1, -0.05) is 56.6 Å². The molecule has 32 heavy (non-hydrogen) atoms. The van der Waals surface area contributed by atoms with E-state index >= 15 is 0 Å². The summed E-state index contributed by atoms with van der Waals surface area (Å²) in [7, 11) is 0. The first kappa shape index (κ1) is 21.9. The number of nitrogens with zero attached hydrogens (tertiary/aromatic N) is 2. The van der Waals surface area contributed by atoms with Crippen LogP contribution in [-0.4, -0.2) is 22.1 Å².